The summed E-state index contributed by atoms with van der Waals surface area (Å²) in [6, 6.07) is 7.68. The first kappa shape index (κ1) is 11.1. The van der Waals surface area contributed by atoms with Crippen molar-refractivity contribution in [3.05, 3.63) is 41.2 Å². The number of para-hydroxylation sites is 1. The summed E-state index contributed by atoms with van der Waals surface area (Å²) in [6.07, 6.45) is 0. The number of aryl methyl sites for hydroxylation is 2. The number of hydrogen-bond acceptors (Lipinski definition) is 4. The van der Waals surface area contributed by atoms with Crippen LogP contribution in [0.4, 0.5) is 0 Å². The zero-order valence-corrected chi connectivity index (χ0v) is 10.7. The maximum Gasteiger partial charge on any atom is 0.224 e. The van der Waals surface area contributed by atoms with E-state index >= 15 is 0 Å². The Bertz CT molecular complexity index is 734. The van der Waals surface area contributed by atoms with Gasteiger partial charge < -0.3 is 0 Å². The lowest BCUT2D eigenvalue weighted by Crippen LogP contribution is -2.04. The third kappa shape index (κ3) is 1.73. The lowest BCUT2D eigenvalue weighted by molar-refractivity contribution is 0.808. The van der Waals surface area contributed by atoms with Gasteiger partial charge in [-0.15, -0.1) is 5.10 Å². The van der Waals surface area contributed by atoms with Crippen LogP contribution in [0.5, 0.6) is 0 Å². The first-order valence-corrected chi connectivity index (χ1v) is 5.86. The van der Waals surface area contributed by atoms with Crippen LogP contribution in [0, 0.1) is 13.8 Å². The summed E-state index contributed by atoms with van der Waals surface area (Å²) in [5.74, 6) is 2.13. The lowest BCUT2D eigenvalue weighted by atomic mass is 10.2. The predicted octanol–water partition coefficient (Wildman–Crippen LogP) is 2.48. The van der Waals surface area contributed by atoms with Crippen molar-refractivity contribution in [2.45, 2.75) is 13.8 Å². The summed E-state index contributed by atoms with van der Waals surface area (Å²) >= 11 is 5.95. The Labute approximate surface area is 108 Å². The van der Waals surface area contributed by atoms with E-state index in [-0.39, 0.29) is 5.28 Å². The van der Waals surface area contributed by atoms with E-state index in [0.29, 0.717) is 11.6 Å². The Kier molecular flexibility index (Phi) is 2.48. The van der Waals surface area contributed by atoms with Gasteiger partial charge in [-0.2, -0.15) is 9.67 Å². The van der Waals surface area contributed by atoms with E-state index in [9.17, 15) is 0 Å². The van der Waals surface area contributed by atoms with Gasteiger partial charge in [0.2, 0.25) is 5.28 Å². The van der Waals surface area contributed by atoms with Gasteiger partial charge >= 0.3 is 0 Å². The predicted molar refractivity (Wildman–Crippen MR) is 68.9 cm³/mol. The molecule has 0 spiro atoms. The molecule has 0 unspecified atom stereocenters. The Morgan fingerprint density at radius 2 is 1.83 bits per heavy atom. The quantitative estimate of drug-likeness (QED) is 0.630. The van der Waals surface area contributed by atoms with Gasteiger partial charge in [0.05, 0.1) is 5.52 Å². The molecule has 0 saturated heterocycles. The Hall–Kier alpha value is -2.01. The zero-order valence-electron chi connectivity index (χ0n) is 9.92. The molecule has 2 aromatic heterocycles. The SMILES string of the molecule is Cc1nc(C)n(-c2nc(Cl)nc3ccccc23)n1. The molecular formula is C12H10ClN5. The van der Waals surface area contributed by atoms with E-state index in [0.717, 1.165) is 16.7 Å². The fourth-order valence-corrected chi connectivity index (χ4v) is 2.09. The molecular weight excluding hydrogens is 250 g/mol. The number of rotatable bonds is 1. The number of fused-ring (bicyclic) bond motifs is 1. The first-order valence-electron chi connectivity index (χ1n) is 5.48. The van der Waals surface area contributed by atoms with Gasteiger partial charge in [-0.3, -0.25) is 0 Å². The monoisotopic (exact) mass is 259 g/mol. The lowest BCUT2D eigenvalue weighted by Gasteiger charge is -2.06. The van der Waals surface area contributed by atoms with Crippen molar-refractivity contribution < 1.29 is 0 Å². The second-order valence-corrected chi connectivity index (χ2v) is 4.29. The van der Waals surface area contributed by atoms with Crippen molar-refractivity contribution >= 4 is 22.5 Å². The molecule has 5 nitrogen and oxygen atoms in total. The average Bonchev–Trinajstić information content (AvgIpc) is 2.67. The minimum absolute atomic E-state index is 0.205. The van der Waals surface area contributed by atoms with Gasteiger partial charge in [0.15, 0.2) is 5.82 Å². The van der Waals surface area contributed by atoms with Gasteiger partial charge in [-0.25, -0.2) is 9.97 Å². The van der Waals surface area contributed by atoms with Crippen molar-refractivity contribution in [3.63, 3.8) is 0 Å². The summed E-state index contributed by atoms with van der Waals surface area (Å²) in [5, 5.41) is 5.43. The highest BCUT2D eigenvalue weighted by atomic mass is 35.5. The van der Waals surface area contributed by atoms with Gasteiger partial charge in [0.1, 0.15) is 11.6 Å². The van der Waals surface area contributed by atoms with E-state index in [2.05, 4.69) is 20.1 Å². The minimum Gasteiger partial charge on any atom is -0.218 e. The molecule has 0 fully saturated rings. The summed E-state index contributed by atoms with van der Waals surface area (Å²) < 4.78 is 1.69. The maximum absolute atomic E-state index is 5.95. The molecule has 0 atom stereocenters. The molecule has 0 aliphatic heterocycles. The van der Waals surface area contributed by atoms with Crippen LogP contribution >= 0.6 is 11.6 Å². The summed E-state index contributed by atoms with van der Waals surface area (Å²) in [7, 11) is 0. The molecule has 3 aromatic rings. The Balaban J connectivity index is 2.38. The molecule has 2 heterocycles. The zero-order chi connectivity index (χ0) is 12.7. The normalized spacial score (nSPS) is 11.1. The summed E-state index contributed by atoms with van der Waals surface area (Å²) in [5.41, 5.74) is 0.792. The molecule has 0 aliphatic rings. The number of hydrogen-bond donors (Lipinski definition) is 0. The molecule has 18 heavy (non-hydrogen) atoms. The van der Waals surface area contributed by atoms with Crippen LogP contribution in [0.15, 0.2) is 24.3 Å². The largest absolute Gasteiger partial charge is 0.224 e. The van der Waals surface area contributed by atoms with Gasteiger partial charge in [-0.1, -0.05) is 12.1 Å². The molecule has 0 amide bonds. The van der Waals surface area contributed by atoms with Crippen molar-refractivity contribution in [1.82, 2.24) is 24.7 Å². The highest BCUT2D eigenvalue weighted by Crippen LogP contribution is 2.21. The fraction of sp³-hybridized carbons (Fsp3) is 0.167. The third-order valence-electron chi connectivity index (χ3n) is 2.63. The molecule has 6 heteroatoms. The van der Waals surface area contributed by atoms with Gasteiger partial charge in [-0.05, 0) is 37.6 Å². The molecule has 3 rings (SSSR count). The van der Waals surface area contributed by atoms with Crippen molar-refractivity contribution in [2.24, 2.45) is 0 Å². The van der Waals surface area contributed by atoms with E-state index in [1.165, 1.54) is 0 Å². The Morgan fingerprint density at radius 3 is 2.56 bits per heavy atom. The van der Waals surface area contributed by atoms with E-state index < -0.39 is 0 Å². The van der Waals surface area contributed by atoms with Crippen LogP contribution in [0.2, 0.25) is 5.28 Å². The smallest absolute Gasteiger partial charge is 0.218 e. The van der Waals surface area contributed by atoms with Crippen LogP contribution in [0.1, 0.15) is 11.6 Å². The van der Waals surface area contributed by atoms with Crippen molar-refractivity contribution in [3.8, 4) is 5.82 Å². The van der Waals surface area contributed by atoms with E-state index in [1.807, 2.05) is 38.1 Å². The average molecular weight is 260 g/mol. The van der Waals surface area contributed by atoms with Crippen molar-refractivity contribution in [1.29, 1.82) is 0 Å². The topological polar surface area (TPSA) is 56.5 Å². The molecule has 90 valence electrons. The van der Waals surface area contributed by atoms with Gasteiger partial charge in [0.25, 0.3) is 0 Å². The first-order chi connectivity index (χ1) is 8.65. The molecule has 0 radical (unpaired) electrons. The molecule has 0 saturated carbocycles. The van der Waals surface area contributed by atoms with Crippen LogP contribution in [-0.2, 0) is 0 Å². The highest BCUT2D eigenvalue weighted by molar-refractivity contribution is 6.28. The van der Waals surface area contributed by atoms with Crippen molar-refractivity contribution in [2.75, 3.05) is 0 Å². The molecule has 0 aliphatic carbocycles. The van der Waals surface area contributed by atoms with E-state index in [4.69, 9.17) is 11.6 Å². The van der Waals surface area contributed by atoms with Gasteiger partial charge in [0, 0.05) is 5.39 Å². The second kappa shape index (κ2) is 4.03. The van der Waals surface area contributed by atoms with Crippen LogP contribution in [-0.4, -0.2) is 24.7 Å². The number of aromatic nitrogens is 5. The highest BCUT2D eigenvalue weighted by Gasteiger charge is 2.12. The summed E-state index contributed by atoms with van der Waals surface area (Å²) in [4.78, 5) is 12.7. The fourth-order valence-electron chi connectivity index (χ4n) is 1.92. The van der Waals surface area contributed by atoms with Crippen LogP contribution in [0.3, 0.4) is 0 Å². The van der Waals surface area contributed by atoms with Crippen LogP contribution < -0.4 is 0 Å². The maximum atomic E-state index is 5.95. The second-order valence-electron chi connectivity index (χ2n) is 3.95. The Morgan fingerprint density at radius 1 is 1.06 bits per heavy atom. The molecule has 0 bridgehead atoms. The number of benzene rings is 1. The standard InChI is InChI=1S/C12H10ClN5/c1-7-14-8(2)18(17-7)11-9-5-3-4-6-10(9)15-12(13)16-11/h3-6H,1-2H3. The van der Waals surface area contributed by atoms with Crippen LogP contribution in [0.25, 0.3) is 16.7 Å². The molecule has 0 N–H and O–H groups in total. The summed E-state index contributed by atoms with van der Waals surface area (Å²) in [6.45, 7) is 3.72. The number of nitrogens with zero attached hydrogens (tertiary/aromatic N) is 5. The van der Waals surface area contributed by atoms with E-state index in [1.54, 1.807) is 4.68 Å². The number of halogens is 1. The molecule has 1 aromatic carbocycles. The minimum atomic E-state index is 0.205. The third-order valence-corrected chi connectivity index (χ3v) is 2.80.